The standard InChI is InChI=1S/C15H19ClN4O4S/c1-23-10-11-5-4-8-20(11)25(21,22)17-9-14-18-15(19-24-14)12-6-2-3-7-13(12)16/h2-3,6-7,11,17H,4-5,8-10H2,1H3. The summed E-state index contributed by atoms with van der Waals surface area (Å²) >= 11 is 6.10. The van der Waals surface area contributed by atoms with E-state index in [1.165, 1.54) is 4.31 Å². The zero-order valence-electron chi connectivity index (χ0n) is 13.7. The van der Waals surface area contributed by atoms with Crippen LogP contribution in [0.15, 0.2) is 28.8 Å². The van der Waals surface area contributed by atoms with Crippen molar-refractivity contribution < 1.29 is 17.7 Å². The van der Waals surface area contributed by atoms with E-state index in [4.69, 9.17) is 20.9 Å². The SMILES string of the molecule is COCC1CCCN1S(=O)(=O)NCc1nc(-c2ccccc2Cl)no1. The molecule has 25 heavy (non-hydrogen) atoms. The van der Waals surface area contributed by atoms with E-state index in [9.17, 15) is 8.42 Å². The zero-order valence-corrected chi connectivity index (χ0v) is 15.3. The van der Waals surface area contributed by atoms with E-state index in [0.29, 0.717) is 29.6 Å². The number of rotatable bonds is 7. The molecule has 0 bridgehead atoms. The van der Waals surface area contributed by atoms with Gasteiger partial charge in [0.25, 0.3) is 10.2 Å². The van der Waals surface area contributed by atoms with Gasteiger partial charge in [-0.05, 0) is 25.0 Å². The van der Waals surface area contributed by atoms with E-state index in [1.54, 1.807) is 25.3 Å². The Morgan fingerprint density at radius 3 is 3.00 bits per heavy atom. The molecule has 0 spiro atoms. The first kappa shape index (κ1) is 18.3. The van der Waals surface area contributed by atoms with Crippen molar-refractivity contribution in [2.45, 2.75) is 25.4 Å². The highest BCUT2D eigenvalue weighted by molar-refractivity contribution is 7.87. The van der Waals surface area contributed by atoms with Crippen LogP contribution in [0.5, 0.6) is 0 Å². The van der Waals surface area contributed by atoms with Crippen LogP contribution in [0, 0.1) is 0 Å². The van der Waals surface area contributed by atoms with E-state index < -0.39 is 10.2 Å². The second-order valence-electron chi connectivity index (χ2n) is 5.68. The average molecular weight is 387 g/mol. The van der Waals surface area contributed by atoms with Gasteiger partial charge in [0.15, 0.2) is 0 Å². The number of methoxy groups -OCH3 is 1. The van der Waals surface area contributed by atoms with Gasteiger partial charge in [-0.15, -0.1) is 0 Å². The Balaban J connectivity index is 1.67. The molecule has 1 aliphatic rings. The molecular weight excluding hydrogens is 368 g/mol. The van der Waals surface area contributed by atoms with Crippen molar-refractivity contribution in [2.24, 2.45) is 0 Å². The number of benzene rings is 1. The van der Waals surface area contributed by atoms with Crippen molar-refractivity contribution in [1.29, 1.82) is 0 Å². The van der Waals surface area contributed by atoms with Crippen LogP contribution in [0.1, 0.15) is 18.7 Å². The lowest BCUT2D eigenvalue weighted by molar-refractivity contribution is 0.148. The minimum atomic E-state index is -3.64. The average Bonchev–Trinajstić information content (AvgIpc) is 3.23. The minimum absolute atomic E-state index is 0.0873. The molecule has 1 fully saturated rings. The van der Waals surface area contributed by atoms with Crippen LogP contribution in [0.25, 0.3) is 11.4 Å². The molecule has 0 radical (unpaired) electrons. The molecule has 0 saturated carbocycles. The van der Waals surface area contributed by atoms with Gasteiger partial charge in [-0.25, -0.2) is 0 Å². The fraction of sp³-hybridized carbons (Fsp3) is 0.467. The van der Waals surface area contributed by atoms with Gasteiger partial charge in [0, 0.05) is 25.3 Å². The third kappa shape index (κ3) is 4.18. The number of hydrogen-bond donors (Lipinski definition) is 1. The summed E-state index contributed by atoms with van der Waals surface area (Å²) in [6.45, 7) is 0.756. The Kier molecular flexibility index (Phi) is 5.70. The summed E-state index contributed by atoms with van der Waals surface area (Å²) in [6.07, 6.45) is 1.60. The van der Waals surface area contributed by atoms with Crippen molar-refractivity contribution >= 4 is 21.8 Å². The van der Waals surface area contributed by atoms with E-state index in [2.05, 4.69) is 14.9 Å². The van der Waals surface area contributed by atoms with Crippen molar-refractivity contribution in [1.82, 2.24) is 19.2 Å². The zero-order chi connectivity index (χ0) is 17.9. The normalized spacial score (nSPS) is 18.7. The maximum Gasteiger partial charge on any atom is 0.280 e. The van der Waals surface area contributed by atoms with Crippen LogP contribution < -0.4 is 4.72 Å². The first-order valence-corrected chi connectivity index (χ1v) is 9.66. The Bertz CT molecular complexity index is 826. The smallest absolute Gasteiger partial charge is 0.280 e. The van der Waals surface area contributed by atoms with E-state index in [-0.39, 0.29) is 18.5 Å². The Morgan fingerprint density at radius 1 is 1.44 bits per heavy atom. The third-order valence-corrected chi connectivity index (χ3v) is 5.92. The monoisotopic (exact) mass is 386 g/mol. The molecule has 0 amide bonds. The molecule has 1 N–H and O–H groups in total. The van der Waals surface area contributed by atoms with Gasteiger partial charge in [0.2, 0.25) is 11.7 Å². The minimum Gasteiger partial charge on any atom is -0.383 e. The highest BCUT2D eigenvalue weighted by Gasteiger charge is 2.34. The fourth-order valence-corrected chi connectivity index (χ4v) is 4.42. The number of ether oxygens (including phenoxy) is 1. The third-order valence-electron chi connectivity index (χ3n) is 3.98. The predicted molar refractivity (Wildman–Crippen MR) is 92.1 cm³/mol. The van der Waals surface area contributed by atoms with Gasteiger partial charge in [-0.2, -0.15) is 22.4 Å². The van der Waals surface area contributed by atoms with Gasteiger partial charge in [-0.3, -0.25) is 0 Å². The summed E-state index contributed by atoms with van der Waals surface area (Å²) in [7, 11) is -2.08. The topological polar surface area (TPSA) is 97.6 Å². The quantitative estimate of drug-likeness (QED) is 0.779. The van der Waals surface area contributed by atoms with Crippen molar-refractivity contribution in [3.63, 3.8) is 0 Å². The molecule has 1 aromatic heterocycles. The summed E-state index contributed by atoms with van der Waals surface area (Å²) in [6, 6.07) is 6.94. The summed E-state index contributed by atoms with van der Waals surface area (Å²) in [5.41, 5.74) is 0.627. The Morgan fingerprint density at radius 2 is 2.24 bits per heavy atom. The second-order valence-corrected chi connectivity index (χ2v) is 7.79. The summed E-state index contributed by atoms with van der Waals surface area (Å²) < 4.78 is 39.1. The van der Waals surface area contributed by atoms with Crippen LogP contribution in [0.2, 0.25) is 5.02 Å². The summed E-state index contributed by atoms with van der Waals surface area (Å²) in [5, 5.41) is 4.35. The van der Waals surface area contributed by atoms with E-state index in [0.717, 1.165) is 12.8 Å². The second kappa shape index (κ2) is 7.79. The van der Waals surface area contributed by atoms with Gasteiger partial charge in [-0.1, -0.05) is 28.9 Å². The Hall–Kier alpha value is -1.52. The molecule has 10 heteroatoms. The van der Waals surface area contributed by atoms with Gasteiger partial charge >= 0.3 is 0 Å². The molecule has 1 atom stereocenters. The molecular formula is C15H19ClN4O4S. The Labute approximate surface area is 151 Å². The van der Waals surface area contributed by atoms with Crippen LogP contribution in [-0.2, 0) is 21.5 Å². The molecule has 136 valence electrons. The van der Waals surface area contributed by atoms with Crippen molar-refractivity contribution in [2.75, 3.05) is 20.3 Å². The van der Waals surface area contributed by atoms with Crippen LogP contribution >= 0.6 is 11.6 Å². The number of nitrogens with zero attached hydrogens (tertiary/aromatic N) is 3. The first-order valence-electron chi connectivity index (χ1n) is 7.84. The maximum atomic E-state index is 12.5. The van der Waals surface area contributed by atoms with Crippen LogP contribution in [-0.4, -0.2) is 49.2 Å². The number of halogens is 1. The molecule has 1 aromatic carbocycles. The lowest BCUT2D eigenvalue weighted by Crippen LogP contribution is -2.44. The van der Waals surface area contributed by atoms with E-state index >= 15 is 0 Å². The molecule has 3 rings (SSSR count). The largest absolute Gasteiger partial charge is 0.383 e. The molecule has 2 heterocycles. The molecule has 2 aromatic rings. The molecule has 1 saturated heterocycles. The van der Waals surface area contributed by atoms with Crippen LogP contribution in [0.4, 0.5) is 0 Å². The van der Waals surface area contributed by atoms with Crippen molar-refractivity contribution in [3.8, 4) is 11.4 Å². The number of aromatic nitrogens is 2. The number of nitrogens with one attached hydrogen (secondary N) is 1. The summed E-state index contributed by atoms with van der Waals surface area (Å²) in [5.74, 6) is 0.485. The van der Waals surface area contributed by atoms with Gasteiger partial charge in [0.05, 0.1) is 18.2 Å². The number of hydrogen-bond acceptors (Lipinski definition) is 6. The van der Waals surface area contributed by atoms with Gasteiger partial charge < -0.3 is 9.26 Å². The predicted octanol–water partition coefficient (Wildman–Crippen LogP) is 1.84. The van der Waals surface area contributed by atoms with Gasteiger partial charge in [0.1, 0.15) is 0 Å². The molecule has 1 aliphatic heterocycles. The van der Waals surface area contributed by atoms with Crippen molar-refractivity contribution in [3.05, 3.63) is 35.2 Å². The highest BCUT2D eigenvalue weighted by Crippen LogP contribution is 2.25. The molecule has 1 unspecified atom stereocenters. The summed E-state index contributed by atoms with van der Waals surface area (Å²) in [4.78, 5) is 4.19. The lowest BCUT2D eigenvalue weighted by Gasteiger charge is -2.23. The maximum absolute atomic E-state index is 12.5. The highest BCUT2D eigenvalue weighted by atomic mass is 35.5. The van der Waals surface area contributed by atoms with E-state index in [1.807, 2.05) is 6.07 Å². The lowest BCUT2D eigenvalue weighted by atomic mass is 10.2. The molecule has 0 aliphatic carbocycles. The molecule has 8 nitrogen and oxygen atoms in total. The fourth-order valence-electron chi connectivity index (χ4n) is 2.80. The first-order chi connectivity index (χ1) is 12.0. The van der Waals surface area contributed by atoms with Crippen LogP contribution in [0.3, 0.4) is 0 Å².